The maximum Gasteiger partial charge on any atom is 0.251 e. The minimum atomic E-state index is -0.282. The van der Waals surface area contributed by atoms with Crippen molar-refractivity contribution in [3.8, 4) is 10.4 Å². The molecule has 0 aliphatic carbocycles. The van der Waals surface area contributed by atoms with Crippen LogP contribution in [0.4, 0.5) is 10.1 Å². The van der Waals surface area contributed by atoms with E-state index in [0.29, 0.717) is 16.3 Å². The molecule has 0 unspecified atom stereocenters. The topological polar surface area (TPSA) is 84.0 Å². The van der Waals surface area contributed by atoms with Crippen LogP contribution in [0.3, 0.4) is 0 Å². The predicted molar refractivity (Wildman–Crippen MR) is 122 cm³/mol. The molecular formula is C22H17FN4O2S2. The molecule has 0 atom stereocenters. The zero-order valence-corrected chi connectivity index (χ0v) is 18.0. The van der Waals surface area contributed by atoms with Crippen molar-refractivity contribution in [2.75, 3.05) is 18.1 Å². The van der Waals surface area contributed by atoms with Crippen LogP contribution in [-0.4, -0.2) is 34.6 Å². The van der Waals surface area contributed by atoms with Crippen molar-refractivity contribution in [3.05, 3.63) is 72.3 Å². The lowest BCUT2D eigenvalue weighted by Crippen LogP contribution is -2.18. The van der Waals surface area contributed by atoms with Gasteiger partial charge in [0.05, 0.1) is 16.0 Å². The number of hydrogen-bond donors (Lipinski definition) is 2. The molecule has 0 aliphatic heterocycles. The van der Waals surface area contributed by atoms with Crippen LogP contribution >= 0.6 is 23.1 Å². The van der Waals surface area contributed by atoms with Crippen LogP contribution in [0.5, 0.6) is 0 Å². The second-order valence-corrected chi connectivity index (χ2v) is 8.52. The number of hydrogen-bond acceptors (Lipinski definition) is 6. The Morgan fingerprint density at radius 3 is 2.52 bits per heavy atom. The van der Waals surface area contributed by atoms with Gasteiger partial charge in [0.1, 0.15) is 17.2 Å². The van der Waals surface area contributed by atoms with Crippen LogP contribution in [-0.2, 0) is 4.79 Å². The highest BCUT2D eigenvalue weighted by Crippen LogP contribution is 2.36. The summed E-state index contributed by atoms with van der Waals surface area (Å²) in [6.07, 6.45) is 1.47. The van der Waals surface area contributed by atoms with Crippen LogP contribution in [0.15, 0.2) is 66.0 Å². The molecule has 2 aromatic heterocycles. The van der Waals surface area contributed by atoms with Crippen molar-refractivity contribution < 1.29 is 14.0 Å². The van der Waals surface area contributed by atoms with Crippen LogP contribution in [0.25, 0.3) is 20.7 Å². The van der Waals surface area contributed by atoms with E-state index in [1.807, 2.05) is 6.07 Å². The normalized spacial score (nSPS) is 10.8. The maximum absolute atomic E-state index is 13.2. The number of carbonyl (C=O) groups is 2. The summed E-state index contributed by atoms with van der Waals surface area (Å²) in [5.41, 5.74) is 2.82. The molecule has 2 amide bonds. The Kier molecular flexibility index (Phi) is 6.24. The fourth-order valence-corrected chi connectivity index (χ4v) is 4.87. The van der Waals surface area contributed by atoms with Gasteiger partial charge in [-0.05, 0) is 48.0 Å². The molecule has 0 spiro atoms. The highest BCUT2D eigenvalue weighted by atomic mass is 32.2. The SMILES string of the molecule is CNC(=O)c1ccc(NC(=O)CSc2ncnc3cc(-c4ccc(F)cc4)sc23)cc1. The Morgan fingerprint density at radius 2 is 1.81 bits per heavy atom. The summed E-state index contributed by atoms with van der Waals surface area (Å²) >= 11 is 2.83. The second-order valence-electron chi connectivity index (χ2n) is 6.50. The zero-order chi connectivity index (χ0) is 21.8. The van der Waals surface area contributed by atoms with Gasteiger partial charge in [0, 0.05) is 23.2 Å². The molecule has 4 rings (SSSR count). The first-order valence-electron chi connectivity index (χ1n) is 9.29. The molecular weight excluding hydrogens is 435 g/mol. The van der Waals surface area contributed by atoms with Gasteiger partial charge in [0.15, 0.2) is 0 Å². The van der Waals surface area contributed by atoms with Crippen molar-refractivity contribution in [1.29, 1.82) is 0 Å². The van der Waals surface area contributed by atoms with E-state index in [9.17, 15) is 14.0 Å². The number of nitrogens with one attached hydrogen (secondary N) is 2. The monoisotopic (exact) mass is 452 g/mol. The van der Waals surface area contributed by atoms with Gasteiger partial charge in [0.25, 0.3) is 5.91 Å². The summed E-state index contributed by atoms with van der Waals surface area (Å²) in [6, 6.07) is 14.9. The average Bonchev–Trinajstić information content (AvgIpc) is 3.23. The molecule has 0 saturated heterocycles. The third-order valence-electron chi connectivity index (χ3n) is 4.41. The Balaban J connectivity index is 1.44. The molecule has 0 fully saturated rings. The molecule has 0 saturated carbocycles. The third-order valence-corrected chi connectivity index (χ3v) is 6.70. The van der Waals surface area contributed by atoms with Crippen molar-refractivity contribution in [2.45, 2.75) is 5.03 Å². The largest absolute Gasteiger partial charge is 0.355 e. The summed E-state index contributed by atoms with van der Waals surface area (Å²) < 4.78 is 14.1. The predicted octanol–water partition coefficient (Wildman–Crippen LogP) is 4.59. The van der Waals surface area contributed by atoms with Crippen molar-refractivity contribution in [1.82, 2.24) is 15.3 Å². The highest BCUT2D eigenvalue weighted by molar-refractivity contribution is 8.00. The van der Waals surface area contributed by atoms with Crippen LogP contribution in [0, 0.1) is 5.82 Å². The molecule has 0 aliphatic rings. The first kappa shape index (κ1) is 21.0. The number of fused-ring (bicyclic) bond motifs is 1. The molecule has 0 bridgehead atoms. The van der Waals surface area contributed by atoms with E-state index in [4.69, 9.17) is 0 Å². The number of carbonyl (C=O) groups excluding carboxylic acids is 2. The van der Waals surface area contributed by atoms with E-state index in [-0.39, 0.29) is 23.4 Å². The van der Waals surface area contributed by atoms with Gasteiger partial charge in [-0.25, -0.2) is 14.4 Å². The fourth-order valence-electron chi connectivity index (χ4n) is 2.87. The Labute approximate surface area is 185 Å². The lowest BCUT2D eigenvalue weighted by molar-refractivity contribution is -0.113. The number of aromatic nitrogens is 2. The summed E-state index contributed by atoms with van der Waals surface area (Å²) in [7, 11) is 1.57. The number of rotatable bonds is 6. The number of amides is 2. The average molecular weight is 453 g/mol. The standard InChI is InChI=1S/C22H17FN4O2S2/c1-24-21(29)14-4-8-16(9-5-14)27-19(28)11-30-22-20-17(25-12-26-22)10-18(31-20)13-2-6-15(23)7-3-13/h2-10,12H,11H2,1H3,(H,24,29)(H,27,28). The smallest absolute Gasteiger partial charge is 0.251 e. The van der Waals surface area contributed by atoms with E-state index in [1.54, 1.807) is 43.4 Å². The first-order chi connectivity index (χ1) is 15.0. The van der Waals surface area contributed by atoms with Gasteiger partial charge in [-0.2, -0.15) is 0 Å². The zero-order valence-electron chi connectivity index (χ0n) is 16.4. The number of benzene rings is 2. The Hall–Kier alpha value is -3.30. The summed E-state index contributed by atoms with van der Waals surface area (Å²) in [4.78, 5) is 33.6. The Morgan fingerprint density at radius 1 is 1.06 bits per heavy atom. The van der Waals surface area contributed by atoms with Gasteiger partial charge in [-0.1, -0.05) is 23.9 Å². The van der Waals surface area contributed by atoms with E-state index < -0.39 is 0 Å². The molecule has 2 aromatic carbocycles. The van der Waals surface area contributed by atoms with Gasteiger partial charge < -0.3 is 10.6 Å². The molecule has 0 radical (unpaired) electrons. The van der Waals surface area contributed by atoms with E-state index in [2.05, 4.69) is 20.6 Å². The van der Waals surface area contributed by atoms with Crippen molar-refractivity contribution >= 4 is 50.8 Å². The van der Waals surface area contributed by atoms with Crippen LogP contribution < -0.4 is 10.6 Å². The molecule has 9 heteroatoms. The number of halogens is 1. The quantitative estimate of drug-likeness (QED) is 0.330. The number of thiophene rings is 1. The molecule has 2 heterocycles. The van der Waals surface area contributed by atoms with Crippen molar-refractivity contribution in [3.63, 3.8) is 0 Å². The summed E-state index contributed by atoms with van der Waals surface area (Å²) in [5.74, 6) is -0.472. The highest BCUT2D eigenvalue weighted by Gasteiger charge is 2.13. The van der Waals surface area contributed by atoms with Gasteiger partial charge in [-0.3, -0.25) is 9.59 Å². The maximum atomic E-state index is 13.2. The summed E-state index contributed by atoms with van der Waals surface area (Å²) in [6.45, 7) is 0. The number of anilines is 1. The number of nitrogens with zero attached hydrogens (tertiary/aromatic N) is 2. The lowest BCUT2D eigenvalue weighted by atomic mass is 10.2. The van der Waals surface area contributed by atoms with E-state index in [0.717, 1.165) is 20.7 Å². The fraction of sp³-hybridized carbons (Fsp3) is 0.0909. The lowest BCUT2D eigenvalue weighted by Gasteiger charge is -2.06. The van der Waals surface area contributed by atoms with E-state index in [1.165, 1.54) is 41.6 Å². The van der Waals surface area contributed by atoms with E-state index >= 15 is 0 Å². The van der Waals surface area contributed by atoms with Gasteiger partial charge in [0.2, 0.25) is 5.91 Å². The van der Waals surface area contributed by atoms with Crippen molar-refractivity contribution in [2.24, 2.45) is 0 Å². The van der Waals surface area contributed by atoms with Gasteiger partial charge in [-0.15, -0.1) is 11.3 Å². The first-order valence-corrected chi connectivity index (χ1v) is 11.1. The molecule has 2 N–H and O–H groups in total. The molecule has 6 nitrogen and oxygen atoms in total. The minimum absolute atomic E-state index is 0.174. The molecule has 4 aromatic rings. The van der Waals surface area contributed by atoms with Gasteiger partial charge >= 0.3 is 0 Å². The Bertz CT molecular complexity index is 1240. The molecule has 31 heavy (non-hydrogen) atoms. The van der Waals surface area contributed by atoms with Crippen LogP contribution in [0.2, 0.25) is 0 Å². The summed E-state index contributed by atoms with van der Waals surface area (Å²) in [5, 5.41) is 6.08. The van der Waals surface area contributed by atoms with Crippen LogP contribution in [0.1, 0.15) is 10.4 Å². The number of thioether (sulfide) groups is 1. The minimum Gasteiger partial charge on any atom is -0.355 e. The molecule has 156 valence electrons. The second kappa shape index (κ2) is 9.23. The third kappa shape index (κ3) is 4.89.